The van der Waals surface area contributed by atoms with Gasteiger partial charge in [-0.2, -0.15) is 0 Å². The maximum atomic E-state index is 12.8. The number of methoxy groups -OCH3 is 1. The van der Waals surface area contributed by atoms with E-state index in [9.17, 15) is 9.59 Å². The van der Waals surface area contributed by atoms with Crippen molar-refractivity contribution in [2.45, 2.75) is 19.3 Å². The van der Waals surface area contributed by atoms with Crippen LogP contribution in [-0.4, -0.2) is 48.8 Å². The zero-order chi connectivity index (χ0) is 23.5. The summed E-state index contributed by atoms with van der Waals surface area (Å²) in [5.41, 5.74) is 3.17. The number of hydrogen-bond donors (Lipinski definition) is 1. The molecule has 8 heteroatoms. The Morgan fingerprint density at radius 3 is 2.35 bits per heavy atom. The van der Waals surface area contributed by atoms with Crippen molar-refractivity contribution in [1.82, 2.24) is 10.2 Å². The Labute approximate surface area is 198 Å². The number of rotatable bonds is 6. The Bertz CT molecular complexity index is 1160. The van der Waals surface area contributed by atoms with Gasteiger partial charge in [0.25, 0.3) is 0 Å². The van der Waals surface area contributed by atoms with Crippen LogP contribution in [0.4, 0.5) is 17.2 Å². The highest BCUT2D eigenvalue weighted by Gasteiger charge is 2.35. The third-order valence-corrected chi connectivity index (χ3v) is 6.41. The number of hydrogen-bond acceptors (Lipinski definition) is 6. The van der Waals surface area contributed by atoms with Crippen molar-refractivity contribution in [3.8, 4) is 17.0 Å². The van der Waals surface area contributed by atoms with Gasteiger partial charge in [0.05, 0.1) is 18.7 Å². The minimum Gasteiger partial charge on any atom is -0.497 e. The second-order valence-corrected chi connectivity index (χ2v) is 8.64. The molecule has 0 spiro atoms. The summed E-state index contributed by atoms with van der Waals surface area (Å²) in [4.78, 5) is 29.2. The molecular weight excluding hydrogens is 430 g/mol. The maximum absolute atomic E-state index is 12.8. The van der Waals surface area contributed by atoms with Crippen LogP contribution in [0.15, 0.2) is 60.7 Å². The molecule has 2 aliphatic rings. The molecular formula is C26H27N5O3. The van der Waals surface area contributed by atoms with E-state index in [2.05, 4.69) is 20.4 Å². The minimum atomic E-state index is -0.404. The lowest BCUT2D eigenvalue weighted by Gasteiger charge is -2.17. The van der Waals surface area contributed by atoms with Crippen molar-refractivity contribution in [3.63, 3.8) is 0 Å². The third-order valence-electron chi connectivity index (χ3n) is 6.41. The predicted octanol–water partition coefficient (Wildman–Crippen LogP) is 3.74. The van der Waals surface area contributed by atoms with Crippen LogP contribution in [0.25, 0.3) is 11.3 Å². The number of nitrogens with one attached hydrogen (secondary N) is 1. The van der Waals surface area contributed by atoms with Crippen LogP contribution < -0.4 is 19.9 Å². The van der Waals surface area contributed by atoms with Gasteiger partial charge in [0, 0.05) is 43.0 Å². The predicted molar refractivity (Wildman–Crippen MR) is 131 cm³/mol. The van der Waals surface area contributed by atoms with Crippen LogP contribution in [0.1, 0.15) is 19.3 Å². The van der Waals surface area contributed by atoms with Gasteiger partial charge in [0.1, 0.15) is 5.75 Å². The minimum absolute atomic E-state index is 0.0587. The van der Waals surface area contributed by atoms with Crippen molar-refractivity contribution in [2.24, 2.45) is 5.92 Å². The highest BCUT2D eigenvalue weighted by atomic mass is 16.5. The summed E-state index contributed by atoms with van der Waals surface area (Å²) < 4.78 is 5.17. The molecule has 0 aliphatic carbocycles. The molecule has 0 bridgehead atoms. The van der Waals surface area contributed by atoms with E-state index in [0.717, 1.165) is 41.6 Å². The normalized spacial score (nSPS) is 17.8. The van der Waals surface area contributed by atoms with E-state index in [0.29, 0.717) is 12.2 Å². The molecule has 1 N–H and O–H groups in total. The summed E-state index contributed by atoms with van der Waals surface area (Å²) >= 11 is 0. The second kappa shape index (κ2) is 9.51. The van der Waals surface area contributed by atoms with E-state index < -0.39 is 5.92 Å². The molecule has 8 nitrogen and oxygen atoms in total. The topological polar surface area (TPSA) is 87.7 Å². The van der Waals surface area contributed by atoms with Crippen molar-refractivity contribution >= 4 is 29.0 Å². The average molecular weight is 458 g/mol. The van der Waals surface area contributed by atoms with Gasteiger partial charge in [-0.3, -0.25) is 9.59 Å². The van der Waals surface area contributed by atoms with Crippen molar-refractivity contribution in [3.05, 3.63) is 60.7 Å². The number of amides is 2. The van der Waals surface area contributed by atoms with E-state index in [1.165, 1.54) is 12.8 Å². The number of aromatic nitrogens is 2. The highest BCUT2D eigenvalue weighted by molar-refractivity contribution is 6.03. The molecule has 3 heterocycles. The Hall–Kier alpha value is -3.94. The number of ether oxygens (including phenoxy) is 1. The molecule has 1 unspecified atom stereocenters. The third kappa shape index (κ3) is 4.57. The summed E-state index contributed by atoms with van der Waals surface area (Å²) in [6.07, 6.45) is 2.59. The number of carbonyl (C=O) groups is 2. The number of nitrogens with zero attached hydrogens (tertiary/aromatic N) is 4. The smallest absolute Gasteiger partial charge is 0.229 e. The average Bonchev–Trinajstić information content (AvgIpc) is 3.55. The van der Waals surface area contributed by atoms with Crippen LogP contribution in [0.3, 0.4) is 0 Å². The Kier molecular flexibility index (Phi) is 6.12. The molecule has 1 atom stereocenters. The van der Waals surface area contributed by atoms with Gasteiger partial charge in [0.15, 0.2) is 5.82 Å². The van der Waals surface area contributed by atoms with Crippen molar-refractivity contribution in [1.29, 1.82) is 0 Å². The highest BCUT2D eigenvalue weighted by Crippen LogP contribution is 2.28. The number of carbonyl (C=O) groups excluding carboxylic acids is 2. The SMILES string of the molecule is COc1ccc(N2CC(C(=O)Nc3ccc(-c4ccc(N5CCCC5)nn4)cc3)CC2=O)cc1. The molecule has 2 saturated heterocycles. The van der Waals surface area contributed by atoms with Gasteiger partial charge in [0.2, 0.25) is 11.8 Å². The maximum Gasteiger partial charge on any atom is 0.229 e. The first-order valence-corrected chi connectivity index (χ1v) is 11.5. The molecule has 0 radical (unpaired) electrons. The number of anilines is 3. The largest absolute Gasteiger partial charge is 0.497 e. The Morgan fingerprint density at radius 1 is 0.971 bits per heavy atom. The van der Waals surface area contributed by atoms with Crippen molar-refractivity contribution < 1.29 is 14.3 Å². The van der Waals surface area contributed by atoms with Crippen LogP contribution >= 0.6 is 0 Å². The molecule has 2 aliphatic heterocycles. The lowest BCUT2D eigenvalue weighted by atomic mass is 10.1. The van der Waals surface area contributed by atoms with Gasteiger partial charge in [-0.05, 0) is 61.4 Å². The lowest BCUT2D eigenvalue weighted by Crippen LogP contribution is -2.28. The number of benzene rings is 2. The fourth-order valence-corrected chi connectivity index (χ4v) is 4.46. The van der Waals surface area contributed by atoms with Crippen LogP contribution in [0.5, 0.6) is 5.75 Å². The summed E-state index contributed by atoms with van der Waals surface area (Å²) in [6.45, 7) is 2.42. The molecule has 2 amide bonds. The van der Waals surface area contributed by atoms with Crippen LogP contribution in [0.2, 0.25) is 0 Å². The second-order valence-electron chi connectivity index (χ2n) is 8.64. The first kappa shape index (κ1) is 21.9. The summed E-state index contributed by atoms with van der Waals surface area (Å²) in [5.74, 6) is 1.02. The summed E-state index contributed by atoms with van der Waals surface area (Å²) in [5, 5.41) is 11.7. The molecule has 34 heavy (non-hydrogen) atoms. The van der Waals surface area contributed by atoms with Gasteiger partial charge in [-0.1, -0.05) is 12.1 Å². The molecule has 1 aromatic heterocycles. The van der Waals surface area contributed by atoms with Gasteiger partial charge in [-0.25, -0.2) is 0 Å². The van der Waals surface area contributed by atoms with E-state index in [1.54, 1.807) is 12.0 Å². The zero-order valence-electron chi connectivity index (χ0n) is 19.1. The fourth-order valence-electron chi connectivity index (χ4n) is 4.46. The zero-order valence-corrected chi connectivity index (χ0v) is 19.1. The Balaban J connectivity index is 1.20. The van der Waals surface area contributed by atoms with Gasteiger partial charge in [-0.15, -0.1) is 10.2 Å². The van der Waals surface area contributed by atoms with Gasteiger partial charge >= 0.3 is 0 Å². The molecule has 2 fully saturated rings. The molecule has 0 saturated carbocycles. The first-order chi connectivity index (χ1) is 16.6. The van der Waals surface area contributed by atoms with E-state index in [4.69, 9.17) is 4.74 Å². The molecule has 174 valence electrons. The van der Waals surface area contributed by atoms with Crippen molar-refractivity contribution in [2.75, 3.05) is 41.9 Å². The molecule has 3 aromatic rings. The van der Waals surface area contributed by atoms with E-state index in [-0.39, 0.29) is 18.2 Å². The standard InChI is InChI=1S/C26H27N5O3/c1-34-22-10-8-21(9-11-22)31-17-19(16-25(31)32)26(33)27-20-6-4-18(5-7-20)23-12-13-24(29-28-23)30-14-2-3-15-30/h4-13,19H,2-3,14-17H2,1H3,(H,27,33). The van der Waals surface area contributed by atoms with E-state index in [1.807, 2.05) is 60.7 Å². The molecule has 5 rings (SSSR count). The summed E-state index contributed by atoms with van der Waals surface area (Å²) in [6, 6.07) is 18.8. The Morgan fingerprint density at radius 2 is 1.71 bits per heavy atom. The van der Waals surface area contributed by atoms with Crippen LogP contribution in [0, 0.1) is 5.92 Å². The fraction of sp³-hybridized carbons (Fsp3) is 0.308. The quantitative estimate of drug-likeness (QED) is 0.607. The summed E-state index contributed by atoms with van der Waals surface area (Å²) in [7, 11) is 1.60. The van der Waals surface area contributed by atoms with Gasteiger partial charge < -0.3 is 19.9 Å². The first-order valence-electron chi connectivity index (χ1n) is 11.5. The monoisotopic (exact) mass is 457 g/mol. The van der Waals surface area contributed by atoms with Crippen LogP contribution in [-0.2, 0) is 9.59 Å². The lowest BCUT2D eigenvalue weighted by molar-refractivity contribution is -0.122. The molecule has 2 aromatic carbocycles. The van der Waals surface area contributed by atoms with E-state index >= 15 is 0 Å².